The highest BCUT2D eigenvalue weighted by Crippen LogP contribution is 2.36. The summed E-state index contributed by atoms with van der Waals surface area (Å²) in [5.41, 5.74) is 4.78. The van der Waals surface area contributed by atoms with Gasteiger partial charge in [0.05, 0.1) is 16.7 Å². The highest BCUT2D eigenvalue weighted by atomic mass is 16.6. The fraction of sp³-hybridized carbons (Fsp3) is 0.222. The van der Waals surface area contributed by atoms with E-state index in [2.05, 4.69) is 0 Å². The molecule has 0 atom stereocenters. The SMILES string of the molecule is NC(=O)c1cc(N2CC2)c(O)cc1[N+](=O)[O-]. The molecule has 0 aliphatic carbocycles. The van der Waals surface area contributed by atoms with Crippen LogP contribution in [0.5, 0.6) is 5.75 Å². The number of nitro benzene ring substituents is 1. The van der Waals surface area contributed by atoms with Crippen molar-refractivity contribution in [2.75, 3.05) is 18.0 Å². The van der Waals surface area contributed by atoms with Gasteiger partial charge in [-0.2, -0.15) is 0 Å². The molecule has 1 saturated heterocycles. The van der Waals surface area contributed by atoms with Crippen LogP contribution in [-0.4, -0.2) is 29.0 Å². The Bertz CT molecular complexity index is 482. The molecule has 0 saturated carbocycles. The van der Waals surface area contributed by atoms with Gasteiger partial charge in [0.25, 0.3) is 11.6 Å². The lowest BCUT2D eigenvalue weighted by atomic mass is 10.1. The van der Waals surface area contributed by atoms with E-state index in [1.807, 2.05) is 0 Å². The summed E-state index contributed by atoms with van der Waals surface area (Å²) < 4.78 is 0. The molecule has 7 nitrogen and oxygen atoms in total. The van der Waals surface area contributed by atoms with Crippen LogP contribution in [-0.2, 0) is 0 Å². The van der Waals surface area contributed by atoms with Crippen molar-refractivity contribution in [3.63, 3.8) is 0 Å². The number of phenols is 1. The predicted molar refractivity (Wildman–Crippen MR) is 55.5 cm³/mol. The summed E-state index contributed by atoms with van der Waals surface area (Å²) in [7, 11) is 0. The summed E-state index contributed by atoms with van der Waals surface area (Å²) in [5, 5.41) is 20.2. The summed E-state index contributed by atoms with van der Waals surface area (Å²) in [6, 6.07) is 2.20. The van der Waals surface area contributed by atoms with Gasteiger partial charge in [-0.05, 0) is 6.07 Å². The maximum absolute atomic E-state index is 11.1. The zero-order valence-corrected chi connectivity index (χ0v) is 8.21. The van der Waals surface area contributed by atoms with Crippen LogP contribution in [0.1, 0.15) is 10.4 Å². The van der Waals surface area contributed by atoms with Crippen molar-refractivity contribution in [3.05, 3.63) is 27.8 Å². The number of carbonyl (C=O) groups is 1. The minimum atomic E-state index is -0.880. The van der Waals surface area contributed by atoms with Crippen molar-refractivity contribution < 1.29 is 14.8 Å². The topological polar surface area (TPSA) is 109 Å². The van der Waals surface area contributed by atoms with Gasteiger partial charge in [-0.15, -0.1) is 0 Å². The molecule has 3 N–H and O–H groups in total. The van der Waals surface area contributed by atoms with Crippen molar-refractivity contribution in [3.8, 4) is 5.75 Å². The number of nitrogens with two attached hydrogens (primary N) is 1. The van der Waals surface area contributed by atoms with Crippen LogP contribution in [0.3, 0.4) is 0 Å². The van der Waals surface area contributed by atoms with Crippen LogP contribution < -0.4 is 10.6 Å². The minimum absolute atomic E-state index is 0.190. The molecule has 1 aromatic carbocycles. The van der Waals surface area contributed by atoms with Gasteiger partial charge in [-0.1, -0.05) is 0 Å². The van der Waals surface area contributed by atoms with Crippen molar-refractivity contribution in [2.45, 2.75) is 0 Å². The molecule has 0 unspecified atom stereocenters. The fourth-order valence-corrected chi connectivity index (χ4v) is 1.46. The van der Waals surface area contributed by atoms with E-state index in [4.69, 9.17) is 5.73 Å². The number of amides is 1. The molecule has 1 heterocycles. The predicted octanol–water partition coefficient (Wildman–Crippen LogP) is 0.219. The average molecular weight is 223 g/mol. The third kappa shape index (κ3) is 1.62. The van der Waals surface area contributed by atoms with E-state index in [1.165, 1.54) is 6.07 Å². The molecular formula is C9H9N3O4. The Morgan fingerprint density at radius 2 is 2.12 bits per heavy atom. The zero-order chi connectivity index (χ0) is 11.9. The maximum atomic E-state index is 11.1. The van der Waals surface area contributed by atoms with Gasteiger partial charge in [0.1, 0.15) is 11.3 Å². The van der Waals surface area contributed by atoms with Crippen LogP contribution in [0.4, 0.5) is 11.4 Å². The number of phenolic OH excluding ortho intramolecular Hbond substituents is 1. The molecule has 1 aliphatic rings. The molecule has 84 valence electrons. The van der Waals surface area contributed by atoms with E-state index in [-0.39, 0.29) is 11.3 Å². The Balaban J connectivity index is 2.58. The highest BCUT2D eigenvalue weighted by molar-refractivity contribution is 5.98. The summed E-state index contributed by atoms with van der Waals surface area (Å²) in [5.74, 6) is -1.09. The van der Waals surface area contributed by atoms with Crippen LogP contribution in [0.2, 0.25) is 0 Å². The van der Waals surface area contributed by atoms with Gasteiger partial charge in [0, 0.05) is 13.1 Å². The third-order valence-corrected chi connectivity index (χ3v) is 2.34. The Morgan fingerprint density at radius 3 is 2.56 bits per heavy atom. The number of aromatic hydroxyl groups is 1. The fourth-order valence-electron chi connectivity index (χ4n) is 1.46. The Labute approximate surface area is 90.2 Å². The number of anilines is 1. The molecule has 1 aliphatic heterocycles. The molecule has 1 fully saturated rings. The smallest absolute Gasteiger partial charge is 0.285 e. The van der Waals surface area contributed by atoms with E-state index in [0.717, 1.165) is 19.2 Å². The second kappa shape index (κ2) is 3.37. The van der Waals surface area contributed by atoms with Gasteiger partial charge >= 0.3 is 0 Å². The Kier molecular flexibility index (Phi) is 2.15. The van der Waals surface area contributed by atoms with Gasteiger partial charge in [0.2, 0.25) is 0 Å². The molecule has 0 aromatic heterocycles. The summed E-state index contributed by atoms with van der Waals surface area (Å²) in [6.07, 6.45) is 0. The number of hydrogen-bond acceptors (Lipinski definition) is 5. The first-order valence-electron chi connectivity index (χ1n) is 4.57. The normalized spacial score (nSPS) is 13.6. The van der Waals surface area contributed by atoms with Gasteiger partial charge in [0.15, 0.2) is 0 Å². The van der Waals surface area contributed by atoms with Crippen LogP contribution >= 0.6 is 0 Å². The zero-order valence-electron chi connectivity index (χ0n) is 8.21. The summed E-state index contributed by atoms with van der Waals surface area (Å²) in [6.45, 7) is 1.51. The minimum Gasteiger partial charge on any atom is -0.506 e. The lowest BCUT2D eigenvalue weighted by Gasteiger charge is -2.07. The van der Waals surface area contributed by atoms with E-state index < -0.39 is 16.5 Å². The number of benzene rings is 1. The standard InChI is InChI=1S/C9H9N3O4/c10-9(14)5-3-7(11-1-2-11)8(13)4-6(5)12(15)16/h3-4,13H,1-2H2,(H2,10,14). The molecule has 1 aromatic rings. The quantitative estimate of drug-likeness (QED) is 0.432. The lowest BCUT2D eigenvalue weighted by molar-refractivity contribution is -0.385. The number of carbonyl (C=O) groups excluding carboxylic acids is 1. The van der Waals surface area contributed by atoms with Crippen LogP contribution in [0.25, 0.3) is 0 Å². The second-order valence-electron chi connectivity index (χ2n) is 3.47. The number of primary amides is 1. The summed E-state index contributed by atoms with van der Waals surface area (Å²) >= 11 is 0. The monoisotopic (exact) mass is 223 g/mol. The molecule has 2 rings (SSSR count). The van der Waals surface area contributed by atoms with Crippen molar-refractivity contribution in [1.29, 1.82) is 0 Å². The van der Waals surface area contributed by atoms with Crippen molar-refractivity contribution in [2.24, 2.45) is 5.73 Å². The number of nitro groups is 1. The van der Waals surface area contributed by atoms with Crippen LogP contribution in [0.15, 0.2) is 12.1 Å². The van der Waals surface area contributed by atoms with E-state index in [0.29, 0.717) is 5.69 Å². The highest BCUT2D eigenvalue weighted by Gasteiger charge is 2.27. The van der Waals surface area contributed by atoms with Crippen molar-refractivity contribution in [1.82, 2.24) is 0 Å². The lowest BCUT2D eigenvalue weighted by Crippen LogP contribution is -2.14. The van der Waals surface area contributed by atoms with Crippen molar-refractivity contribution >= 4 is 17.3 Å². The largest absolute Gasteiger partial charge is 0.506 e. The maximum Gasteiger partial charge on any atom is 0.285 e. The average Bonchev–Trinajstić information content (AvgIpc) is 3.00. The number of hydrogen-bond donors (Lipinski definition) is 2. The third-order valence-electron chi connectivity index (χ3n) is 2.34. The second-order valence-corrected chi connectivity index (χ2v) is 3.47. The molecule has 0 spiro atoms. The van der Waals surface area contributed by atoms with Gasteiger partial charge < -0.3 is 15.7 Å². The molecule has 7 heteroatoms. The Hall–Kier alpha value is -2.31. The molecule has 0 radical (unpaired) electrons. The molecular weight excluding hydrogens is 214 g/mol. The van der Waals surface area contributed by atoms with Gasteiger partial charge in [-0.3, -0.25) is 14.9 Å². The molecule has 0 bridgehead atoms. The first-order valence-corrected chi connectivity index (χ1v) is 4.57. The molecule has 1 amide bonds. The summed E-state index contributed by atoms with van der Waals surface area (Å²) in [4.78, 5) is 22.7. The molecule has 16 heavy (non-hydrogen) atoms. The number of rotatable bonds is 3. The van der Waals surface area contributed by atoms with E-state index in [9.17, 15) is 20.0 Å². The van der Waals surface area contributed by atoms with Gasteiger partial charge in [-0.25, -0.2) is 0 Å². The number of nitrogens with zero attached hydrogens (tertiary/aromatic N) is 2. The van der Waals surface area contributed by atoms with E-state index >= 15 is 0 Å². The first kappa shape index (κ1) is 10.2. The van der Waals surface area contributed by atoms with E-state index in [1.54, 1.807) is 4.90 Å². The Morgan fingerprint density at radius 1 is 1.50 bits per heavy atom. The first-order chi connectivity index (χ1) is 7.50. The van der Waals surface area contributed by atoms with Crippen LogP contribution in [0, 0.1) is 10.1 Å².